The molecule has 4 atom stereocenters. The van der Waals surface area contributed by atoms with E-state index in [1.807, 2.05) is 19.9 Å². The number of aliphatic hydroxyl groups is 1. The van der Waals surface area contributed by atoms with Gasteiger partial charge < -0.3 is 30.8 Å². The predicted molar refractivity (Wildman–Crippen MR) is 125 cm³/mol. The van der Waals surface area contributed by atoms with Crippen molar-refractivity contribution < 1.29 is 24.2 Å². The Morgan fingerprint density at radius 1 is 1.32 bits per heavy atom. The maximum atomic E-state index is 13.1. The fourth-order valence-corrected chi connectivity index (χ4v) is 4.18. The summed E-state index contributed by atoms with van der Waals surface area (Å²) in [6, 6.07) is 6.98. The van der Waals surface area contributed by atoms with Gasteiger partial charge in [0.15, 0.2) is 6.10 Å². The molecule has 0 radical (unpaired) electrons. The average Bonchev–Trinajstić information content (AvgIpc) is 3.43. The summed E-state index contributed by atoms with van der Waals surface area (Å²) in [4.78, 5) is 41.1. The third-order valence-corrected chi connectivity index (χ3v) is 5.96. The van der Waals surface area contributed by atoms with E-state index in [1.54, 1.807) is 31.4 Å². The van der Waals surface area contributed by atoms with Crippen LogP contribution in [0.1, 0.15) is 43.6 Å². The molecule has 1 aromatic heterocycles. The number of fused-ring (bicyclic) bond motifs is 1. The van der Waals surface area contributed by atoms with Crippen molar-refractivity contribution in [1.29, 1.82) is 5.26 Å². The third kappa shape index (κ3) is 5.85. The maximum Gasteiger partial charge on any atom is 0.268 e. The molecule has 3 amide bonds. The van der Waals surface area contributed by atoms with Gasteiger partial charge in [-0.15, -0.1) is 0 Å². The van der Waals surface area contributed by atoms with Crippen LogP contribution in [0.15, 0.2) is 24.3 Å². The molecular weight excluding hydrogens is 438 g/mol. The van der Waals surface area contributed by atoms with E-state index < -0.39 is 35.9 Å². The van der Waals surface area contributed by atoms with Crippen LogP contribution in [0.3, 0.4) is 0 Å². The molecule has 5 N–H and O–H groups in total. The van der Waals surface area contributed by atoms with Crippen LogP contribution in [0.2, 0.25) is 0 Å². The molecule has 0 spiro atoms. The van der Waals surface area contributed by atoms with E-state index in [9.17, 15) is 24.8 Å². The Kier molecular flexibility index (Phi) is 8.12. The Morgan fingerprint density at radius 3 is 2.71 bits per heavy atom. The Balaban J connectivity index is 1.75. The molecule has 1 fully saturated rings. The number of carbonyl (C=O) groups is 3. The van der Waals surface area contributed by atoms with Gasteiger partial charge in [0.1, 0.15) is 17.5 Å². The van der Waals surface area contributed by atoms with Crippen molar-refractivity contribution >= 4 is 28.6 Å². The van der Waals surface area contributed by atoms with E-state index in [0.717, 1.165) is 10.9 Å². The van der Waals surface area contributed by atoms with Gasteiger partial charge in [-0.3, -0.25) is 14.4 Å². The number of hydrogen-bond donors (Lipinski definition) is 5. The van der Waals surface area contributed by atoms with Crippen molar-refractivity contribution in [2.45, 2.75) is 51.3 Å². The SMILES string of the molecule is COc1cccc2[nH]c(C(=O)N[C@@H](CC(C)C)C(=O)N[C@@H](CC3CCNC3=O)C(O)C#N)cc12. The first-order valence-electron chi connectivity index (χ1n) is 11.4. The van der Waals surface area contributed by atoms with E-state index >= 15 is 0 Å². The van der Waals surface area contributed by atoms with Crippen LogP contribution < -0.4 is 20.7 Å². The lowest BCUT2D eigenvalue weighted by atomic mass is 9.94. The maximum absolute atomic E-state index is 13.1. The molecule has 2 aromatic rings. The number of H-pyrrole nitrogens is 1. The van der Waals surface area contributed by atoms with Crippen LogP contribution in [-0.2, 0) is 9.59 Å². The van der Waals surface area contributed by atoms with Crippen molar-refractivity contribution in [2.75, 3.05) is 13.7 Å². The highest BCUT2D eigenvalue weighted by Gasteiger charge is 2.33. The fraction of sp³-hybridized carbons (Fsp3) is 0.500. The van der Waals surface area contributed by atoms with Gasteiger partial charge in [-0.1, -0.05) is 19.9 Å². The van der Waals surface area contributed by atoms with Gasteiger partial charge in [0.25, 0.3) is 5.91 Å². The fourth-order valence-electron chi connectivity index (χ4n) is 4.18. The van der Waals surface area contributed by atoms with E-state index in [4.69, 9.17) is 4.74 Å². The first-order chi connectivity index (χ1) is 16.2. The van der Waals surface area contributed by atoms with Crippen molar-refractivity contribution in [3.63, 3.8) is 0 Å². The molecular formula is C24H31N5O5. The topological polar surface area (TPSA) is 156 Å². The normalized spacial score (nSPS) is 18.1. The summed E-state index contributed by atoms with van der Waals surface area (Å²) < 4.78 is 5.34. The lowest BCUT2D eigenvalue weighted by molar-refractivity contribution is -0.126. The largest absolute Gasteiger partial charge is 0.496 e. The van der Waals surface area contributed by atoms with Crippen LogP contribution in [0.5, 0.6) is 5.75 Å². The van der Waals surface area contributed by atoms with Crippen molar-refractivity contribution in [1.82, 2.24) is 20.9 Å². The Hall–Kier alpha value is -3.58. The number of hydrogen-bond acceptors (Lipinski definition) is 6. The molecule has 0 bridgehead atoms. The molecule has 1 aromatic carbocycles. The summed E-state index contributed by atoms with van der Waals surface area (Å²) in [5, 5.41) is 28.3. The van der Waals surface area contributed by atoms with E-state index in [-0.39, 0.29) is 23.9 Å². The van der Waals surface area contributed by atoms with Gasteiger partial charge in [-0.2, -0.15) is 5.26 Å². The first kappa shape index (κ1) is 25.1. The summed E-state index contributed by atoms with van der Waals surface area (Å²) in [6.45, 7) is 4.36. The number of amides is 3. The van der Waals surface area contributed by atoms with Crippen LogP contribution in [-0.4, -0.2) is 59.7 Å². The van der Waals surface area contributed by atoms with Gasteiger partial charge in [-0.25, -0.2) is 0 Å². The second-order valence-electron chi connectivity index (χ2n) is 8.96. The number of rotatable bonds is 10. The smallest absolute Gasteiger partial charge is 0.268 e. The summed E-state index contributed by atoms with van der Waals surface area (Å²) in [5.74, 6) is -0.842. The van der Waals surface area contributed by atoms with E-state index in [2.05, 4.69) is 20.9 Å². The lowest BCUT2D eigenvalue weighted by Gasteiger charge is -2.26. The summed E-state index contributed by atoms with van der Waals surface area (Å²) >= 11 is 0. The molecule has 10 heteroatoms. The molecule has 3 rings (SSSR count). The molecule has 0 saturated carbocycles. The molecule has 182 valence electrons. The minimum atomic E-state index is -1.48. The highest BCUT2D eigenvalue weighted by molar-refractivity contribution is 6.01. The number of nitriles is 1. The molecule has 1 aliphatic heterocycles. The zero-order chi connectivity index (χ0) is 24.8. The number of aromatic nitrogens is 1. The molecule has 1 aliphatic rings. The summed E-state index contributed by atoms with van der Waals surface area (Å²) in [5.41, 5.74) is 0.999. The van der Waals surface area contributed by atoms with Gasteiger partial charge in [0, 0.05) is 23.4 Å². The number of carbonyl (C=O) groups excluding carboxylic acids is 3. The van der Waals surface area contributed by atoms with Crippen LogP contribution in [0.25, 0.3) is 10.9 Å². The number of ether oxygens (including phenoxy) is 1. The van der Waals surface area contributed by atoms with Crippen molar-refractivity contribution in [3.05, 3.63) is 30.0 Å². The monoisotopic (exact) mass is 469 g/mol. The third-order valence-electron chi connectivity index (χ3n) is 5.96. The number of methoxy groups -OCH3 is 1. The van der Waals surface area contributed by atoms with Gasteiger partial charge in [0.2, 0.25) is 11.8 Å². The first-order valence-corrected chi connectivity index (χ1v) is 11.4. The van der Waals surface area contributed by atoms with E-state index in [1.165, 1.54) is 0 Å². The van der Waals surface area contributed by atoms with Gasteiger partial charge >= 0.3 is 0 Å². The molecule has 0 aliphatic carbocycles. The second-order valence-corrected chi connectivity index (χ2v) is 8.96. The quantitative estimate of drug-likeness (QED) is 0.329. The highest BCUT2D eigenvalue weighted by Crippen LogP contribution is 2.26. The van der Waals surface area contributed by atoms with Gasteiger partial charge in [-0.05, 0) is 43.4 Å². The highest BCUT2D eigenvalue weighted by atomic mass is 16.5. The zero-order valence-corrected chi connectivity index (χ0v) is 19.6. The molecule has 2 unspecified atom stereocenters. The van der Waals surface area contributed by atoms with Crippen LogP contribution >= 0.6 is 0 Å². The van der Waals surface area contributed by atoms with Crippen molar-refractivity contribution in [2.24, 2.45) is 11.8 Å². The molecule has 2 heterocycles. The molecule has 10 nitrogen and oxygen atoms in total. The summed E-state index contributed by atoms with van der Waals surface area (Å²) in [7, 11) is 1.55. The zero-order valence-electron chi connectivity index (χ0n) is 19.6. The van der Waals surface area contributed by atoms with Crippen LogP contribution in [0, 0.1) is 23.2 Å². The number of nitrogens with zero attached hydrogens (tertiary/aromatic N) is 1. The minimum absolute atomic E-state index is 0.0822. The predicted octanol–water partition coefficient (Wildman–Crippen LogP) is 1.22. The second kappa shape index (κ2) is 11.0. The Morgan fingerprint density at radius 2 is 2.09 bits per heavy atom. The minimum Gasteiger partial charge on any atom is -0.496 e. The van der Waals surface area contributed by atoms with Crippen molar-refractivity contribution in [3.8, 4) is 11.8 Å². The average molecular weight is 470 g/mol. The van der Waals surface area contributed by atoms with E-state index in [0.29, 0.717) is 25.1 Å². The van der Waals surface area contributed by atoms with Crippen LogP contribution in [0.4, 0.5) is 0 Å². The van der Waals surface area contributed by atoms with Gasteiger partial charge in [0.05, 0.1) is 19.2 Å². The molecule has 34 heavy (non-hydrogen) atoms. The standard InChI is InChI=1S/C24H31N5O5/c1-13(2)9-18(23(32)28-17(20(30)12-25)10-14-7-8-26-22(14)31)29-24(33)19-11-15-16(27-19)5-4-6-21(15)34-3/h4-6,11,13-14,17-18,20,27,30H,7-10H2,1-3H3,(H,26,31)(H,28,32)(H,29,33)/t14?,17-,18-,20?/m0/s1. The Labute approximate surface area is 198 Å². The number of aliphatic hydroxyl groups excluding tert-OH is 1. The number of aromatic amines is 1. The number of nitrogens with one attached hydrogen (secondary N) is 4. The molecule has 1 saturated heterocycles. The number of benzene rings is 1. The summed E-state index contributed by atoms with van der Waals surface area (Å²) in [6.07, 6.45) is -0.426. The Bertz CT molecular complexity index is 1090. The lowest BCUT2D eigenvalue weighted by Crippen LogP contribution is -2.53.